The number of aliphatic hydroxyl groups excluding tert-OH is 1. The highest BCUT2D eigenvalue weighted by molar-refractivity contribution is 7.85. The topological polar surface area (TPSA) is 74.6 Å². The van der Waals surface area contributed by atoms with Crippen molar-refractivity contribution in [1.29, 1.82) is 0 Å². The fraction of sp³-hybridized carbons (Fsp3) is 0.333. The van der Waals surface area contributed by atoms with Gasteiger partial charge in [0, 0.05) is 6.61 Å². The zero-order chi connectivity index (χ0) is 10.6. The van der Waals surface area contributed by atoms with Crippen molar-refractivity contribution >= 4 is 10.1 Å². The molecule has 2 N–H and O–H groups in total. The average Bonchev–Trinajstić information content (AvgIpc) is 2.14. The molecule has 78 valence electrons. The van der Waals surface area contributed by atoms with E-state index in [-0.39, 0.29) is 11.5 Å². The van der Waals surface area contributed by atoms with E-state index in [0.29, 0.717) is 12.8 Å². The normalized spacial score (nSPS) is 11.6. The fourth-order valence-electron chi connectivity index (χ4n) is 1.11. The minimum atomic E-state index is -4.09. The molecule has 0 aromatic heterocycles. The first kappa shape index (κ1) is 11.2. The highest BCUT2D eigenvalue weighted by atomic mass is 32.2. The Kier molecular flexibility index (Phi) is 3.62. The van der Waals surface area contributed by atoms with Crippen LogP contribution in [0.4, 0.5) is 0 Å². The van der Waals surface area contributed by atoms with E-state index in [4.69, 9.17) is 9.66 Å². The van der Waals surface area contributed by atoms with Crippen LogP contribution < -0.4 is 0 Å². The molecule has 0 fully saturated rings. The highest BCUT2D eigenvalue weighted by Gasteiger charge is 2.07. The SMILES string of the molecule is O=S(=O)(O)c1ccc(CCCO)cc1. The molecule has 0 saturated heterocycles. The van der Waals surface area contributed by atoms with Crippen LogP contribution >= 0.6 is 0 Å². The molecular weight excluding hydrogens is 204 g/mol. The summed E-state index contributed by atoms with van der Waals surface area (Å²) in [5, 5.41) is 8.58. The largest absolute Gasteiger partial charge is 0.396 e. The van der Waals surface area contributed by atoms with E-state index in [1.807, 2.05) is 0 Å². The molecule has 0 aliphatic rings. The summed E-state index contributed by atoms with van der Waals surface area (Å²) in [5.74, 6) is 0. The molecule has 0 aliphatic heterocycles. The summed E-state index contributed by atoms with van der Waals surface area (Å²) in [6.45, 7) is 0.111. The number of aryl methyl sites for hydroxylation is 1. The van der Waals surface area contributed by atoms with Crippen LogP contribution in [0.1, 0.15) is 12.0 Å². The maximum Gasteiger partial charge on any atom is 0.294 e. The average molecular weight is 216 g/mol. The quantitative estimate of drug-likeness (QED) is 0.732. The number of aliphatic hydroxyl groups is 1. The van der Waals surface area contributed by atoms with Crippen molar-refractivity contribution in [3.05, 3.63) is 29.8 Å². The highest BCUT2D eigenvalue weighted by Crippen LogP contribution is 2.11. The third-order valence-electron chi connectivity index (χ3n) is 1.84. The van der Waals surface area contributed by atoms with Crippen LogP contribution in [0, 0.1) is 0 Å². The first-order valence-electron chi connectivity index (χ1n) is 4.21. The molecule has 0 heterocycles. The smallest absolute Gasteiger partial charge is 0.294 e. The van der Waals surface area contributed by atoms with Gasteiger partial charge in [0.05, 0.1) is 4.90 Å². The molecule has 0 amide bonds. The molecular formula is C9H12O4S. The first-order valence-corrected chi connectivity index (χ1v) is 5.65. The Morgan fingerprint density at radius 3 is 2.14 bits per heavy atom. The molecule has 0 bridgehead atoms. The van der Waals surface area contributed by atoms with Crippen molar-refractivity contribution in [2.24, 2.45) is 0 Å². The maximum atomic E-state index is 10.7. The van der Waals surface area contributed by atoms with Crippen LogP contribution in [-0.4, -0.2) is 24.7 Å². The lowest BCUT2D eigenvalue weighted by Gasteiger charge is -2.00. The molecule has 1 aromatic carbocycles. The Morgan fingerprint density at radius 1 is 1.14 bits per heavy atom. The van der Waals surface area contributed by atoms with E-state index >= 15 is 0 Å². The second-order valence-electron chi connectivity index (χ2n) is 2.95. The molecule has 0 aliphatic carbocycles. The summed E-state index contributed by atoms with van der Waals surface area (Å²) < 4.78 is 30.0. The van der Waals surface area contributed by atoms with Crippen LogP contribution in [0.5, 0.6) is 0 Å². The number of hydrogen-bond donors (Lipinski definition) is 2. The van der Waals surface area contributed by atoms with Crippen LogP contribution in [0.3, 0.4) is 0 Å². The Labute approximate surface area is 82.9 Å². The van der Waals surface area contributed by atoms with Gasteiger partial charge in [0.15, 0.2) is 0 Å². The number of benzene rings is 1. The van der Waals surface area contributed by atoms with Gasteiger partial charge in [-0.25, -0.2) is 0 Å². The summed E-state index contributed by atoms with van der Waals surface area (Å²) in [4.78, 5) is -0.106. The van der Waals surface area contributed by atoms with Crippen molar-refractivity contribution in [1.82, 2.24) is 0 Å². The van der Waals surface area contributed by atoms with Gasteiger partial charge in [-0.2, -0.15) is 8.42 Å². The van der Waals surface area contributed by atoms with Crippen LogP contribution in [0.15, 0.2) is 29.2 Å². The van der Waals surface area contributed by atoms with Gasteiger partial charge in [0.1, 0.15) is 0 Å². The maximum absolute atomic E-state index is 10.7. The Balaban J connectivity index is 2.79. The van der Waals surface area contributed by atoms with E-state index in [1.165, 1.54) is 12.1 Å². The van der Waals surface area contributed by atoms with Gasteiger partial charge in [-0.05, 0) is 30.5 Å². The summed E-state index contributed by atoms with van der Waals surface area (Å²) in [5.41, 5.74) is 0.937. The number of rotatable bonds is 4. The van der Waals surface area contributed by atoms with Crippen LogP contribution in [0.2, 0.25) is 0 Å². The summed E-state index contributed by atoms with van der Waals surface area (Å²) in [7, 11) is -4.09. The van der Waals surface area contributed by atoms with Gasteiger partial charge in [-0.1, -0.05) is 12.1 Å². The molecule has 0 unspecified atom stereocenters. The Bertz CT molecular complexity index is 380. The van der Waals surface area contributed by atoms with E-state index in [1.54, 1.807) is 12.1 Å². The molecule has 4 nitrogen and oxygen atoms in total. The first-order chi connectivity index (χ1) is 6.54. The molecule has 0 spiro atoms. The minimum Gasteiger partial charge on any atom is -0.396 e. The zero-order valence-electron chi connectivity index (χ0n) is 7.55. The predicted octanol–water partition coefficient (Wildman–Crippen LogP) is 0.858. The van der Waals surface area contributed by atoms with Crippen molar-refractivity contribution in [3.8, 4) is 0 Å². The van der Waals surface area contributed by atoms with Crippen LogP contribution in [0.25, 0.3) is 0 Å². The van der Waals surface area contributed by atoms with Gasteiger partial charge in [-0.15, -0.1) is 0 Å². The Morgan fingerprint density at radius 2 is 1.71 bits per heavy atom. The predicted molar refractivity (Wildman–Crippen MR) is 51.7 cm³/mol. The van der Waals surface area contributed by atoms with Gasteiger partial charge >= 0.3 is 0 Å². The van der Waals surface area contributed by atoms with Crippen molar-refractivity contribution < 1.29 is 18.1 Å². The van der Waals surface area contributed by atoms with Crippen molar-refractivity contribution in [3.63, 3.8) is 0 Å². The Hall–Kier alpha value is -0.910. The molecule has 5 heteroatoms. The standard InChI is InChI=1S/C9H12O4S/c10-7-1-2-8-3-5-9(6-4-8)14(11,12)13/h3-6,10H,1-2,7H2,(H,11,12,13). The van der Waals surface area contributed by atoms with Gasteiger partial charge in [0.2, 0.25) is 0 Å². The number of hydrogen-bond acceptors (Lipinski definition) is 3. The van der Waals surface area contributed by atoms with Crippen molar-refractivity contribution in [2.75, 3.05) is 6.61 Å². The van der Waals surface area contributed by atoms with Gasteiger partial charge in [-0.3, -0.25) is 4.55 Å². The zero-order valence-corrected chi connectivity index (χ0v) is 8.37. The fourth-order valence-corrected chi connectivity index (χ4v) is 1.59. The van der Waals surface area contributed by atoms with E-state index in [9.17, 15) is 8.42 Å². The second-order valence-corrected chi connectivity index (χ2v) is 4.37. The lowest BCUT2D eigenvalue weighted by Crippen LogP contribution is -1.98. The third-order valence-corrected chi connectivity index (χ3v) is 2.71. The molecule has 0 atom stereocenters. The molecule has 1 aromatic rings. The second kappa shape index (κ2) is 4.54. The molecule has 0 saturated carbocycles. The van der Waals surface area contributed by atoms with E-state index < -0.39 is 10.1 Å². The van der Waals surface area contributed by atoms with E-state index in [0.717, 1.165) is 5.56 Å². The summed E-state index contributed by atoms with van der Waals surface area (Å²) in [6, 6.07) is 5.95. The lowest BCUT2D eigenvalue weighted by molar-refractivity contribution is 0.288. The monoisotopic (exact) mass is 216 g/mol. The molecule has 0 radical (unpaired) electrons. The summed E-state index contributed by atoms with van der Waals surface area (Å²) >= 11 is 0. The summed E-state index contributed by atoms with van der Waals surface area (Å²) in [6.07, 6.45) is 1.34. The van der Waals surface area contributed by atoms with Gasteiger partial charge < -0.3 is 5.11 Å². The lowest BCUT2D eigenvalue weighted by atomic mass is 10.1. The van der Waals surface area contributed by atoms with E-state index in [2.05, 4.69) is 0 Å². The van der Waals surface area contributed by atoms with Crippen molar-refractivity contribution in [2.45, 2.75) is 17.7 Å². The third kappa shape index (κ3) is 3.10. The molecule has 1 rings (SSSR count). The minimum absolute atomic E-state index is 0.106. The molecule has 14 heavy (non-hydrogen) atoms. The van der Waals surface area contributed by atoms with Crippen LogP contribution in [-0.2, 0) is 16.5 Å². The van der Waals surface area contributed by atoms with Gasteiger partial charge in [0.25, 0.3) is 10.1 Å².